The maximum atomic E-state index is 5.30. The van der Waals surface area contributed by atoms with Crippen LogP contribution in [-0.2, 0) is 19.4 Å². The van der Waals surface area contributed by atoms with Crippen molar-refractivity contribution in [2.75, 3.05) is 13.6 Å². The Morgan fingerprint density at radius 1 is 1.09 bits per heavy atom. The molecule has 0 unspecified atom stereocenters. The van der Waals surface area contributed by atoms with Gasteiger partial charge in [0.2, 0.25) is 0 Å². The number of likely N-dealkylation sites (N-methyl/N-ethyl adjacent to an activating group) is 1. The van der Waals surface area contributed by atoms with Crippen molar-refractivity contribution in [3.8, 4) is 0 Å². The van der Waals surface area contributed by atoms with Gasteiger partial charge in [0.1, 0.15) is 5.76 Å². The van der Waals surface area contributed by atoms with Crippen molar-refractivity contribution in [1.82, 2.24) is 4.90 Å². The number of rotatable bonds is 5. The van der Waals surface area contributed by atoms with E-state index in [9.17, 15) is 0 Å². The minimum absolute atomic E-state index is 0.915. The fraction of sp³-hybridized carbons (Fsp3) is 0.400. The third-order valence-corrected chi connectivity index (χ3v) is 4.36. The van der Waals surface area contributed by atoms with Crippen LogP contribution in [0, 0.1) is 0 Å². The number of furan rings is 1. The molecule has 2 nitrogen and oxygen atoms in total. The summed E-state index contributed by atoms with van der Waals surface area (Å²) in [5.74, 6) is 0.915. The Hall–Kier alpha value is -1.80. The van der Waals surface area contributed by atoms with Gasteiger partial charge in [0, 0.05) is 13.1 Å². The molecule has 0 saturated heterocycles. The molecule has 2 aromatic rings. The fourth-order valence-corrected chi connectivity index (χ4v) is 3.17. The molecule has 0 amide bonds. The second-order valence-corrected chi connectivity index (χ2v) is 6.28. The van der Waals surface area contributed by atoms with Gasteiger partial charge in [-0.3, -0.25) is 4.90 Å². The Bertz CT molecular complexity index is 613. The molecule has 0 spiro atoms. The lowest BCUT2D eigenvalue weighted by molar-refractivity contribution is 0.363. The summed E-state index contributed by atoms with van der Waals surface area (Å²) < 4.78 is 5.30. The zero-order valence-electron chi connectivity index (χ0n) is 13.4. The monoisotopic (exact) mass is 295 g/mol. The Morgan fingerprint density at radius 2 is 1.95 bits per heavy atom. The van der Waals surface area contributed by atoms with Gasteiger partial charge in [0.05, 0.1) is 6.26 Å². The van der Waals surface area contributed by atoms with Crippen molar-refractivity contribution >= 4 is 6.08 Å². The third kappa shape index (κ3) is 4.11. The number of fused-ring (bicyclic) bond motifs is 1. The van der Waals surface area contributed by atoms with Gasteiger partial charge < -0.3 is 4.42 Å². The Morgan fingerprint density at radius 3 is 2.77 bits per heavy atom. The average molecular weight is 295 g/mol. The van der Waals surface area contributed by atoms with E-state index in [1.165, 1.54) is 37.7 Å². The molecule has 1 heterocycles. The first-order valence-electron chi connectivity index (χ1n) is 8.30. The van der Waals surface area contributed by atoms with Crippen LogP contribution in [0.25, 0.3) is 6.08 Å². The average Bonchev–Trinajstić information content (AvgIpc) is 2.91. The molecule has 0 radical (unpaired) electrons. The summed E-state index contributed by atoms with van der Waals surface area (Å²) in [5, 5.41) is 0. The number of hydrogen-bond donors (Lipinski definition) is 0. The minimum atomic E-state index is 0.915. The summed E-state index contributed by atoms with van der Waals surface area (Å²) >= 11 is 0. The van der Waals surface area contributed by atoms with Crippen molar-refractivity contribution in [3.05, 3.63) is 65.1 Å². The molecule has 2 heteroatoms. The highest BCUT2D eigenvalue weighted by atomic mass is 16.3. The first kappa shape index (κ1) is 15.1. The normalized spacial score (nSPS) is 15.2. The predicted octanol–water partition coefficient (Wildman–Crippen LogP) is 4.69. The van der Waals surface area contributed by atoms with Crippen molar-refractivity contribution in [1.29, 1.82) is 0 Å². The first-order valence-corrected chi connectivity index (χ1v) is 8.30. The fourth-order valence-electron chi connectivity index (χ4n) is 3.17. The van der Waals surface area contributed by atoms with Crippen LogP contribution in [0.2, 0.25) is 0 Å². The molecule has 1 aromatic carbocycles. The summed E-state index contributed by atoms with van der Waals surface area (Å²) in [7, 11) is 2.16. The van der Waals surface area contributed by atoms with Gasteiger partial charge in [-0.2, -0.15) is 0 Å². The maximum absolute atomic E-state index is 5.30. The molecule has 0 fully saturated rings. The molecule has 116 valence electrons. The van der Waals surface area contributed by atoms with Gasteiger partial charge in [-0.1, -0.05) is 30.7 Å². The highest BCUT2D eigenvalue weighted by molar-refractivity contribution is 5.42. The van der Waals surface area contributed by atoms with Crippen LogP contribution in [0.15, 0.2) is 47.1 Å². The molecule has 1 aliphatic carbocycles. The van der Waals surface area contributed by atoms with E-state index in [1.54, 1.807) is 17.4 Å². The van der Waals surface area contributed by atoms with Gasteiger partial charge in [0.15, 0.2) is 0 Å². The summed E-state index contributed by atoms with van der Waals surface area (Å²) in [6.45, 7) is 1.92. The molecule has 0 aliphatic heterocycles. The minimum Gasteiger partial charge on any atom is -0.465 e. The highest BCUT2D eigenvalue weighted by Crippen LogP contribution is 2.22. The zero-order valence-corrected chi connectivity index (χ0v) is 13.4. The van der Waals surface area contributed by atoms with Crippen LogP contribution in [-0.4, -0.2) is 18.5 Å². The second-order valence-electron chi connectivity index (χ2n) is 6.28. The smallest absolute Gasteiger partial charge is 0.126 e. The van der Waals surface area contributed by atoms with E-state index < -0.39 is 0 Å². The Labute approximate surface area is 133 Å². The summed E-state index contributed by atoms with van der Waals surface area (Å²) in [5.41, 5.74) is 4.57. The molecule has 1 aromatic heterocycles. The van der Waals surface area contributed by atoms with E-state index in [1.807, 2.05) is 18.2 Å². The van der Waals surface area contributed by atoms with Crippen molar-refractivity contribution in [2.45, 2.75) is 38.6 Å². The topological polar surface area (TPSA) is 16.4 Å². The van der Waals surface area contributed by atoms with E-state index >= 15 is 0 Å². The van der Waals surface area contributed by atoms with E-state index in [0.717, 1.165) is 18.8 Å². The predicted molar refractivity (Wildman–Crippen MR) is 91.8 cm³/mol. The van der Waals surface area contributed by atoms with Crippen LogP contribution in [0.1, 0.15) is 41.7 Å². The first-order chi connectivity index (χ1) is 10.8. The van der Waals surface area contributed by atoms with Crippen LogP contribution >= 0.6 is 0 Å². The number of hydrogen-bond acceptors (Lipinski definition) is 2. The molecule has 0 bridgehead atoms. The van der Waals surface area contributed by atoms with Crippen LogP contribution in [0.3, 0.4) is 0 Å². The quantitative estimate of drug-likeness (QED) is 0.744. The van der Waals surface area contributed by atoms with E-state index in [2.05, 4.69) is 36.2 Å². The van der Waals surface area contributed by atoms with Crippen LogP contribution < -0.4 is 0 Å². The molecule has 22 heavy (non-hydrogen) atoms. The summed E-state index contributed by atoms with van der Waals surface area (Å²) in [6.07, 6.45) is 12.5. The molecule has 3 rings (SSSR count). The lowest BCUT2D eigenvalue weighted by Crippen LogP contribution is -2.17. The SMILES string of the molecule is CN(CC=Cc1ccco1)Cc1ccc2c(c1)CCCCC2. The van der Waals surface area contributed by atoms with Crippen LogP contribution in [0.4, 0.5) is 0 Å². The van der Waals surface area contributed by atoms with E-state index in [4.69, 9.17) is 4.42 Å². The molecule has 0 saturated carbocycles. The van der Waals surface area contributed by atoms with E-state index in [0.29, 0.717) is 0 Å². The van der Waals surface area contributed by atoms with Crippen molar-refractivity contribution in [3.63, 3.8) is 0 Å². The number of aryl methyl sites for hydroxylation is 2. The van der Waals surface area contributed by atoms with Gasteiger partial charge >= 0.3 is 0 Å². The molecule has 0 atom stereocenters. The Balaban J connectivity index is 1.57. The molecular formula is C20H25NO. The lowest BCUT2D eigenvalue weighted by Gasteiger charge is -2.16. The summed E-state index contributed by atoms with van der Waals surface area (Å²) in [6, 6.07) is 11.0. The third-order valence-electron chi connectivity index (χ3n) is 4.36. The van der Waals surface area contributed by atoms with Crippen molar-refractivity contribution < 1.29 is 4.42 Å². The van der Waals surface area contributed by atoms with Gasteiger partial charge in [-0.05, 0) is 67.6 Å². The van der Waals surface area contributed by atoms with Crippen LogP contribution in [0.5, 0.6) is 0 Å². The standard InChI is InChI=1S/C20H25NO/c1-21(13-5-9-20-10-6-14-22-20)16-17-11-12-18-7-3-2-4-8-19(18)15-17/h5-6,9-12,14-15H,2-4,7-8,13,16H2,1H3. The number of nitrogens with zero attached hydrogens (tertiary/aromatic N) is 1. The zero-order chi connectivity index (χ0) is 15.2. The number of benzene rings is 1. The van der Waals surface area contributed by atoms with Crippen molar-refractivity contribution in [2.24, 2.45) is 0 Å². The molecule has 1 aliphatic rings. The molecular weight excluding hydrogens is 270 g/mol. The lowest BCUT2D eigenvalue weighted by atomic mass is 10.00. The van der Waals surface area contributed by atoms with E-state index in [-0.39, 0.29) is 0 Å². The van der Waals surface area contributed by atoms with Gasteiger partial charge in [0.25, 0.3) is 0 Å². The maximum Gasteiger partial charge on any atom is 0.126 e. The van der Waals surface area contributed by atoms with Gasteiger partial charge in [-0.25, -0.2) is 0 Å². The second kappa shape index (κ2) is 7.46. The molecule has 0 N–H and O–H groups in total. The van der Waals surface area contributed by atoms with Gasteiger partial charge in [-0.15, -0.1) is 0 Å². The largest absolute Gasteiger partial charge is 0.465 e. The highest BCUT2D eigenvalue weighted by Gasteiger charge is 2.09. The summed E-state index contributed by atoms with van der Waals surface area (Å²) in [4.78, 5) is 2.33. The Kier molecular flexibility index (Phi) is 5.12.